The van der Waals surface area contributed by atoms with Crippen LogP contribution in [-0.4, -0.2) is 35.9 Å². The Bertz CT molecular complexity index is 942. The number of hydrogen-bond donors (Lipinski definition) is 3. The summed E-state index contributed by atoms with van der Waals surface area (Å²) >= 11 is 0. The molecule has 2 fully saturated rings. The maximum Gasteiger partial charge on any atom is 0.413 e. The zero-order chi connectivity index (χ0) is 19.8. The lowest BCUT2D eigenvalue weighted by molar-refractivity contribution is 0.150. The number of fused-ring (bicyclic) bond motifs is 1. The van der Waals surface area contributed by atoms with Crippen LogP contribution in [0.1, 0.15) is 42.7 Å². The van der Waals surface area contributed by atoms with Gasteiger partial charge < -0.3 is 19.9 Å². The minimum atomic E-state index is -0.502. The number of rotatable bonds is 5. The van der Waals surface area contributed by atoms with Crippen molar-refractivity contribution in [2.45, 2.75) is 38.2 Å². The van der Waals surface area contributed by atoms with Crippen molar-refractivity contribution < 1.29 is 19.4 Å². The third-order valence-corrected chi connectivity index (χ3v) is 5.90. The molecule has 1 amide bonds. The molecule has 1 saturated carbocycles. The first kappa shape index (κ1) is 20.8. The third-order valence-electron chi connectivity index (χ3n) is 5.90. The van der Waals surface area contributed by atoms with Gasteiger partial charge in [0.05, 0.1) is 17.9 Å². The van der Waals surface area contributed by atoms with E-state index in [9.17, 15) is 9.90 Å². The molecule has 0 spiro atoms. The summed E-state index contributed by atoms with van der Waals surface area (Å²) in [6.45, 7) is 2.75. The van der Waals surface area contributed by atoms with Gasteiger partial charge in [-0.05, 0) is 67.8 Å². The second kappa shape index (κ2) is 8.70. The van der Waals surface area contributed by atoms with Crippen molar-refractivity contribution in [1.82, 2.24) is 10.3 Å². The van der Waals surface area contributed by atoms with Crippen molar-refractivity contribution in [1.29, 1.82) is 0 Å². The van der Waals surface area contributed by atoms with Gasteiger partial charge in [-0.1, -0.05) is 6.07 Å². The SMILES string of the molecule is Cl.O=C1Nc2nc(-c3c(O)cccc3OCC3CC3)cc(C3CCCNC3)c2CO1. The highest BCUT2D eigenvalue weighted by Gasteiger charge is 2.28. The Labute approximate surface area is 181 Å². The molecule has 0 bridgehead atoms. The molecule has 8 heteroatoms. The predicted octanol–water partition coefficient (Wildman–Crippen LogP) is 4.19. The Morgan fingerprint density at radius 2 is 2.13 bits per heavy atom. The van der Waals surface area contributed by atoms with E-state index in [1.165, 1.54) is 12.8 Å². The van der Waals surface area contributed by atoms with Crippen LogP contribution in [0.15, 0.2) is 24.3 Å². The molecule has 1 aromatic carbocycles. The molecule has 160 valence electrons. The van der Waals surface area contributed by atoms with Crippen molar-refractivity contribution in [3.8, 4) is 22.8 Å². The number of ether oxygens (including phenoxy) is 2. The van der Waals surface area contributed by atoms with Crippen LogP contribution in [0, 0.1) is 5.92 Å². The lowest BCUT2D eigenvalue weighted by Gasteiger charge is -2.28. The molecule has 1 aromatic heterocycles. The summed E-state index contributed by atoms with van der Waals surface area (Å²) in [6, 6.07) is 7.31. The van der Waals surface area contributed by atoms with Crippen molar-refractivity contribution >= 4 is 24.3 Å². The second-order valence-corrected chi connectivity index (χ2v) is 8.07. The van der Waals surface area contributed by atoms with Crippen molar-refractivity contribution in [2.75, 3.05) is 25.0 Å². The Kier molecular flexibility index (Phi) is 6.01. The number of nitrogens with zero attached hydrogens (tertiary/aromatic N) is 1. The van der Waals surface area contributed by atoms with E-state index in [4.69, 9.17) is 9.47 Å². The van der Waals surface area contributed by atoms with E-state index in [1.54, 1.807) is 12.1 Å². The van der Waals surface area contributed by atoms with Gasteiger partial charge in [-0.15, -0.1) is 12.4 Å². The lowest BCUT2D eigenvalue weighted by atomic mass is 9.87. The van der Waals surface area contributed by atoms with E-state index >= 15 is 0 Å². The molecule has 1 saturated heterocycles. The summed E-state index contributed by atoms with van der Waals surface area (Å²) in [4.78, 5) is 16.5. The summed E-state index contributed by atoms with van der Waals surface area (Å²) < 4.78 is 11.2. The largest absolute Gasteiger partial charge is 0.507 e. The quantitative estimate of drug-likeness (QED) is 0.657. The number of carbonyl (C=O) groups is 1. The Balaban J connectivity index is 0.00000218. The molecule has 30 heavy (non-hydrogen) atoms. The molecular weight excluding hydrogens is 406 g/mol. The van der Waals surface area contributed by atoms with Gasteiger partial charge in [0.1, 0.15) is 23.9 Å². The van der Waals surface area contributed by atoms with Crippen LogP contribution < -0.4 is 15.4 Å². The molecule has 7 nitrogen and oxygen atoms in total. The number of benzene rings is 1. The van der Waals surface area contributed by atoms with E-state index in [-0.39, 0.29) is 24.8 Å². The van der Waals surface area contributed by atoms with E-state index in [1.807, 2.05) is 12.1 Å². The number of hydrogen-bond acceptors (Lipinski definition) is 6. The van der Waals surface area contributed by atoms with Gasteiger partial charge in [-0.2, -0.15) is 0 Å². The van der Waals surface area contributed by atoms with Crippen LogP contribution in [-0.2, 0) is 11.3 Å². The molecule has 1 aliphatic carbocycles. The van der Waals surface area contributed by atoms with E-state index < -0.39 is 6.09 Å². The number of phenolic OH excluding ortho intramolecular Hbond substituents is 1. The lowest BCUT2D eigenvalue weighted by Crippen LogP contribution is -2.30. The summed E-state index contributed by atoms with van der Waals surface area (Å²) in [5.74, 6) is 2.16. The van der Waals surface area contributed by atoms with Gasteiger partial charge in [0.25, 0.3) is 0 Å². The first-order valence-corrected chi connectivity index (χ1v) is 10.3. The van der Waals surface area contributed by atoms with E-state index in [0.717, 1.165) is 37.1 Å². The molecule has 3 N–H and O–H groups in total. The fourth-order valence-corrected chi connectivity index (χ4v) is 4.12. The molecule has 2 aromatic rings. The summed E-state index contributed by atoms with van der Waals surface area (Å²) in [6.07, 6.45) is 4.03. The highest BCUT2D eigenvalue weighted by atomic mass is 35.5. The van der Waals surface area contributed by atoms with Crippen LogP contribution in [0.4, 0.5) is 10.6 Å². The Morgan fingerprint density at radius 3 is 2.90 bits per heavy atom. The van der Waals surface area contributed by atoms with Crippen LogP contribution in [0.2, 0.25) is 0 Å². The average molecular weight is 432 g/mol. The number of halogens is 1. The van der Waals surface area contributed by atoms with Gasteiger partial charge in [0.15, 0.2) is 0 Å². The first-order valence-electron chi connectivity index (χ1n) is 10.3. The third kappa shape index (κ3) is 4.18. The topological polar surface area (TPSA) is 92.7 Å². The van der Waals surface area contributed by atoms with Gasteiger partial charge >= 0.3 is 6.09 Å². The van der Waals surface area contributed by atoms with Gasteiger partial charge in [-0.3, -0.25) is 5.32 Å². The number of carbonyl (C=O) groups excluding carboxylic acids is 1. The van der Waals surface area contributed by atoms with Crippen LogP contribution in [0.3, 0.4) is 0 Å². The van der Waals surface area contributed by atoms with Gasteiger partial charge in [0, 0.05) is 12.1 Å². The first-order chi connectivity index (χ1) is 14.2. The highest BCUT2D eigenvalue weighted by molar-refractivity contribution is 5.88. The smallest absolute Gasteiger partial charge is 0.413 e. The fourth-order valence-electron chi connectivity index (χ4n) is 4.12. The zero-order valence-corrected chi connectivity index (χ0v) is 17.5. The summed E-state index contributed by atoms with van der Waals surface area (Å²) in [7, 11) is 0. The molecule has 3 heterocycles. The van der Waals surface area contributed by atoms with Crippen molar-refractivity contribution in [2.24, 2.45) is 5.92 Å². The number of phenols is 1. The number of aromatic nitrogens is 1. The van der Waals surface area contributed by atoms with E-state index in [2.05, 4.69) is 15.6 Å². The summed E-state index contributed by atoms with van der Waals surface area (Å²) in [5, 5.41) is 16.8. The molecule has 3 aliphatic rings. The maximum absolute atomic E-state index is 11.8. The number of amides is 1. The fraction of sp³-hybridized carbons (Fsp3) is 0.455. The minimum absolute atomic E-state index is 0. The number of nitrogens with one attached hydrogen (secondary N) is 2. The molecule has 1 unspecified atom stereocenters. The minimum Gasteiger partial charge on any atom is -0.507 e. The maximum atomic E-state index is 11.8. The normalized spacial score (nSPS) is 20.4. The number of piperidine rings is 1. The molecule has 1 atom stereocenters. The Hall–Kier alpha value is -2.51. The Morgan fingerprint density at radius 1 is 1.27 bits per heavy atom. The molecule has 0 radical (unpaired) electrons. The standard InChI is InChI=1S/C22H25N3O4.ClH/c26-18-4-1-5-19(28-11-13-6-7-13)20(18)17-9-15(14-3-2-8-23-10-14)16-12-29-22(27)25-21(16)24-17;/h1,4-5,9,13-14,23,26H,2-3,6-8,10-12H2,(H,24,25,27);1H. The molecule has 2 aliphatic heterocycles. The van der Waals surface area contributed by atoms with Gasteiger partial charge in [-0.25, -0.2) is 9.78 Å². The monoisotopic (exact) mass is 431 g/mol. The zero-order valence-electron chi connectivity index (χ0n) is 16.6. The van der Waals surface area contributed by atoms with Crippen molar-refractivity contribution in [3.63, 3.8) is 0 Å². The number of aromatic hydroxyl groups is 1. The predicted molar refractivity (Wildman–Crippen MR) is 115 cm³/mol. The molecular formula is C22H26ClN3O4. The van der Waals surface area contributed by atoms with Crippen LogP contribution >= 0.6 is 12.4 Å². The number of anilines is 1. The van der Waals surface area contributed by atoms with Crippen molar-refractivity contribution in [3.05, 3.63) is 35.4 Å². The molecule has 5 rings (SSSR count). The van der Waals surface area contributed by atoms with E-state index in [0.29, 0.717) is 41.3 Å². The number of pyridine rings is 1. The van der Waals surface area contributed by atoms with Crippen LogP contribution in [0.5, 0.6) is 11.5 Å². The van der Waals surface area contributed by atoms with Crippen LogP contribution in [0.25, 0.3) is 11.3 Å². The average Bonchev–Trinajstić information content (AvgIpc) is 3.56. The second-order valence-electron chi connectivity index (χ2n) is 8.07. The summed E-state index contributed by atoms with van der Waals surface area (Å²) in [5.41, 5.74) is 3.20. The number of cyclic esters (lactones) is 1. The highest BCUT2D eigenvalue weighted by Crippen LogP contribution is 2.42. The van der Waals surface area contributed by atoms with Gasteiger partial charge in [0.2, 0.25) is 0 Å².